The van der Waals surface area contributed by atoms with E-state index < -0.39 is 0 Å². The van der Waals surface area contributed by atoms with Gasteiger partial charge in [-0.3, -0.25) is 4.79 Å². The van der Waals surface area contributed by atoms with Crippen LogP contribution >= 0.6 is 11.6 Å². The topological polar surface area (TPSA) is 79.9 Å². The maximum Gasteiger partial charge on any atom is 0.310 e. The largest absolute Gasteiger partial charge is 0.469 e. The average Bonchev–Trinajstić information content (AvgIpc) is 3.13. The molecule has 4 rings (SSSR count). The number of esters is 1. The summed E-state index contributed by atoms with van der Waals surface area (Å²) < 4.78 is 4.98. The highest BCUT2D eigenvalue weighted by molar-refractivity contribution is 6.30. The number of H-pyrrole nitrogens is 1. The Balaban J connectivity index is 2.01. The molecule has 0 unspecified atom stereocenters. The Morgan fingerprint density at radius 2 is 1.87 bits per heavy atom. The van der Waals surface area contributed by atoms with Gasteiger partial charge in [0.1, 0.15) is 0 Å². The molecule has 2 aromatic heterocycles. The van der Waals surface area contributed by atoms with Crippen molar-refractivity contribution in [1.82, 2.24) is 15.0 Å². The number of fused-ring (bicyclic) bond motifs is 1. The molecule has 0 aliphatic carbocycles. The minimum atomic E-state index is -0.304. The van der Waals surface area contributed by atoms with E-state index in [9.17, 15) is 4.79 Å². The Kier molecular flexibility index (Phi) is 5.42. The van der Waals surface area contributed by atoms with Gasteiger partial charge >= 0.3 is 5.97 Å². The van der Waals surface area contributed by atoms with E-state index in [0.29, 0.717) is 11.0 Å². The molecule has 0 atom stereocenters. The van der Waals surface area contributed by atoms with E-state index in [1.807, 2.05) is 38.1 Å². The van der Waals surface area contributed by atoms with Crippen LogP contribution in [-0.2, 0) is 16.0 Å². The Morgan fingerprint density at radius 3 is 2.53 bits per heavy atom. The third kappa shape index (κ3) is 3.74. The number of aryl methyl sites for hydroxylation is 1. The Bertz CT molecular complexity index is 1220. The summed E-state index contributed by atoms with van der Waals surface area (Å²) in [5.41, 5.74) is 6.53. The van der Waals surface area contributed by atoms with E-state index in [1.165, 1.54) is 7.11 Å². The zero-order valence-corrected chi connectivity index (χ0v) is 17.7. The minimum Gasteiger partial charge on any atom is -0.469 e. The van der Waals surface area contributed by atoms with Crippen molar-refractivity contribution in [2.75, 3.05) is 12.4 Å². The normalized spacial score (nSPS) is 10.9. The van der Waals surface area contributed by atoms with Gasteiger partial charge in [-0.05, 0) is 60.4 Å². The van der Waals surface area contributed by atoms with Gasteiger partial charge in [0, 0.05) is 28.5 Å². The van der Waals surface area contributed by atoms with Gasteiger partial charge in [0.15, 0.2) is 0 Å². The molecule has 2 N–H and O–H groups in total. The van der Waals surface area contributed by atoms with Crippen LogP contribution in [0.2, 0.25) is 5.02 Å². The van der Waals surface area contributed by atoms with Crippen LogP contribution in [0.3, 0.4) is 0 Å². The van der Waals surface area contributed by atoms with Crippen molar-refractivity contribution in [1.29, 1.82) is 0 Å². The van der Waals surface area contributed by atoms with Crippen LogP contribution in [0.15, 0.2) is 48.8 Å². The first-order valence-electron chi connectivity index (χ1n) is 9.49. The predicted octanol–water partition coefficient (Wildman–Crippen LogP) is 5.35. The van der Waals surface area contributed by atoms with Gasteiger partial charge in [0.05, 0.1) is 24.7 Å². The van der Waals surface area contributed by atoms with E-state index in [2.05, 4.69) is 26.3 Å². The van der Waals surface area contributed by atoms with Crippen molar-refractivity contribution in [2.45, 2.75) is 20.3 Å². The standard InChI is InChI=1S/C23H21ClN4O2/c1-13-11-18-20(15-5-7-16(24)8-6-15)17(12-19(29)30-3)14(2)21(22(18)27-13)28-23-25-9-4-10-26-23/h4-11,27H,12H2,1-3H3,(H,25,26,28). The smallest absolute Gasteiger partial charge is 0.310 e. The van der Waals surface area contributed by atoms with Crippen LogP contribution in [0.5, 0.6) is 0 Å². The zero-order chi connectivity index (χ0) is 21.3. The van der Waals surface area contributed by atoms with Crippen molar-refractivity contribution in [2.24, 2.45) is 0 Å². The maximum absolute atomic E-state index is 12.3. The molecule has 4 aromatic rings. The number of aromatic amines is 1. The third-order valence-electron chi connectivity index (χ3n) is 5.09. The van der Waals surface area contributed by atoms with Gasteiger partial charge in [0.2, 0.25) is 5.95 Å². The molecule has 0 aliphatic heterocycles. The number of benzene rings is 2. The van der Waals surface area contributed by atoms with Gasteiger partial charge in [0.25, 0.3) is 0 Å². The van der Waals surface area contributed by atoms with Crippen molar-refractivity contribution in [3.63, 3.8) is 0 Å². The number of hydrogen-bond donors (Lipinski definition) is 2. The molecule has 0 radical (unpaired) electrons. The van der Waals surface area contributed by atoms with Crippen LogP contribution in [-0.4, -0.2) is 28.0 Å². The second kappa shape index (κ2) is 8.16. The molecule has 0 saturated heterocycles. The van der Waals surface area contributed by atoms with Crippen LogP contribution in [0.25, 0.3) is 22.0 Å². The Hall–Kier alpha value is -3.38. The van der Waals surface area contributed by atoms with Crippen molar-refractivity contribution >= 4 is 40.1 Å². The third-order valence-corrected chi connectivity index (χ3v) is 5.34. The molecule has 152 valence electrons. The summed E-state index contributed by atoms with van der Waals surface area (Å²) >= 11 is 6.11. The van der Waals surface area contributed by atoms with Crippen molar-refractivity contribution in [3.8, 4) is 11.1 Å². The summed E-state index contributed by atoms with van der Waals surface area (Å²) in [6, 6.07) is 11.5. The van der Waals surface area contributed by atoms with Crippen LogP contribution in [0.1, 0.15) is 16.8 Å². The van der Waals surface area contributed by atoms with Gasteiger partial charge in [-0.1, -0.05) is 23.7 Å². The Morgan fingerprint density at radius 1 is 1.17 bits per heavy atom. The number of rotatable bonds is 5. The SMILES string of the molecule is COC(=O)Cc1c(C)c(Nc2ncccn2)c2[nH]c(C)cc2c1-c1ccc(Cl)cc1. The number of nitrogens with zero attached hydrogens (tertiary/aromatic N) is 2. The van der Waals surface area contributed by atoms with Gasteiger partial charge in [-0.25, -0.2) is 9.97 Å². The summed E-state index contributed by atoms with van der Waals surface area (Å²) in [5.74, 6) is 0.180. The highest BCUT2D eigenvalue weighted by Crippen LogP contribution is 2.41. The van der Waals surface area contributed by atoms with E-state index in [-0.39, 0.29) is 12.4 Å². The predicted molar refractivity (Wildman–Crippen MR) is 119 cm³/mol. The summed E-state index contributed by atoms with van der Waals surface area (Å²) in [6.07, 6.45) is 3.50. The lowest BCUT2D eigenvalue weighted by Crippen LogP contribution is -2.10. The fraction of sp³-hybridized carbons (Fsp3) is 0.174. The molecule has 2 heterocycles. The lowest BCUT2D eigenvalue weighted by atomic mass is 9.89. The molecular weight excluding hydrogens is 400 g/mol. The first-order chi connectivity index (χ1) is 14.5. The summed E-state index contributed by atoms with van der Waals surface area (Å²) in [4.78, 5) is 24.3. The number of hydrogen-bond acceptors (Lipinski definition) is 5. The van der Waals surface area contributed by atoms with E-state index in [1.54, 1.807) is 18.5 Å². The quantitative estimate of drug-likeness (QED) is 0.425. The second-order valence-electron chi connectivity index (χ2n) is 7.05. The van der Waals surface area contributed by atoms with Crippen molar-refractivity contribution in [3.05, 3.63) is 70.6 Å². The fourth-order valence-corrected chi connectivity index (χ4v) is 3.81. The molecule has 0 amide bonds. The monoisotopic (exact) mass is 420 g/mol. The van der Waals surface area contributed by atoms with Crippen LogP contribution < -0.4 is 5.32 Å². The zero-order valence-electron chi connectivity index (χ0n) is 16.9. The maximum atomic E-state index is 12.3. The summed E-state index contributed by atoms with van der Waals surface area (Å²) in [5, 5.41) is 4.98. The van der Waals surface area contributed by atoms with E-state index in [0.717, 1.165) is 44.5 Å². The summed E-state index contributed by atoms with van der Waals surface area (Å²) in [7, 11) is 1.40. The number of carbonyl (C=O) groups excluding carboxylic acids is 1. The second-order valence-corrected chi connectivity index (χ2v) is 7.49. The van der Waals surface area contributed by atoms with E-state index >= 15 is 0 Å². The number of carbonyl (C=O) groups is 1. The molecule has 0 fully saturated rings. The number of methoxy groups -OCH3 is 1. The molecule has 0 bridgehead atoms. The Labute approximate surface area is 179 Å². The first kappa shape index (κ1) is 19.9. The molecule has 6 nitrogen and oxygen atoms in total. The lowest BCUT2D eigenvalue weighted by molar-refractivity contribution is -0.139. The molecule has 30 heavy (non-hydrogen) atoms. The fourth-order valence-electron chi connectivity index (χ4n) is 3.69. The molecular formula is C23H21ClN4O2. The first-order valence-corrected chi connectivity index (χ1v) is 9.87. The summed E-state index contributed by atoms with van der Waals surface area (Å²) in [6.45, 7) is 3.99. The number of aromatic nitrogens is 3. The minimum absolute atomic E-state index is 0.144. The average molecular weight is 421 g/mol. The molecule has 7 heteroatoms. The van der Waals surface area contributed by atoms with Crippen molar-refractivity contribution < 1.29 is 9.53 Å². The molecule has 0 spiro atoms. The van der Waals surface area contributed by atoms with E-state index in [4.69, 9.17) is 16.3 Å². The van der Waals surface area contributed by atoms with Gasteiger partial charge < -0.3 is 15.0 Å². The number of anilines is 2. The molecule has 0 aliphatic rings. The number of nitrogens with one attached hydrogen (secondary N) is 2. The van der Waals surface area contributed by atoms with Gasteiger partial charge in [-0.15, -0.1) is 0 Å². The lowest BCUT2D eigenvalue weighted by Gasteiger charge is -2.19. The number of halogens is 1. The highest BCUT2D eigenvalue weighted by atomic mass is 35.5. The molecule has 2 aromatic carbocycles. The highest BCUT2D eigenvalue weighted by Gasteiger charge is 2.22. The number of ether oxygens (including phenoxy) is 1. The molecule has 0 saturated carbocycles. The van der Waals surface area contributed by atoms with Gasteiger partial charge in [-0.2, -0.15) is 0 Å². The van der Waals surface area contributed by atoms with Crippen LogP contribution in [0.4, 0.5) is 11.6 Å². The van der Waals surface area contributed by atoms with Crippen LogP contribution in [0, 0.1) is 13.8 Å².